The van der Waals surface area contributed by atoms with Crippen molar-refractivity contribution in [1.29, 1.82) is 0 Å². The molecule has 0 bridgehead atoms. The number of sulfonamides is 1. The molecule has 0 heterocycles. The number of carbonyl (C=O) groups is 1. The van der Waals surface area contributed by atoms with Crippen molar-refractivity contribution < 1.29 is 17.9 Å². The third-order valence-corrected chi connectivity index (χ3v) is 4.42. The van der Waals surface area contributed by atoms with Gasteiger partial charge in [-0.1, -0.05) is 20.8 Å². The zero-order valence-electron chi connectivity index (χ0n) is 12.8. The summed E-state index contributed by atoms with van der Waals surface area (Å²) in [7, 11) is -2.44. The van der Waals surface area contributed by atoms with E-state index < -0.39 is 16.0 Å². The van der Waals surface area contributed by atoms with Crippen molar-refractivity contribution in [3.63, 3.8) is 0 Å². The standard InChI is InChI=1S/C14H22N2O4S/c1-14(2,3)7-8-16-21(18,19)12-6-5-10(9-11(12)15)13(17)20-4/h5-6,9,16H,7-8,15H2,1-4H3. The Hall–Kier alpha value is -1.60. The van der Waals surface area contributed by atoms with Crippen LogP contribution in [0.2, 0.25) is 0 Å². The molecular weight excluding hydrogens is 292 g/mol. The number of nitrogen functional groups attached to an aromatic ring is 1. The minimum absolute atomic E-state index is 0.0150. The largest absolute Gasteiger partial charge is 0.465 e. The number of benzene rings is 1. The quantitative estimate of drug-likeness (QED) is 0.637. The third-order valence-electron chi connectivity index (χ3n) is 2.89. The highest BCUT2D eigenvalue weighted by Gasteiger charge is 2.20. The smallest absolute Gasteiger partial charge is 0.337 e. The van der Waals surface area contributed by atoms with Crippen molar-refractivity contribution in [3.8, 4) is 0 Å². The summed E-state index contributed by atoms with van der Waals surface area (Å²) in [6.07, 6.45) is 0.701. The minimum Gasteiger partial charge on any atom is -0.465 e. The van der Waals surface area contributed by atoms with Crippen molar-refractivity contribution in [2.75, 3.05) is 19.4 Å². The van der Waals surface area contributed by atoms with Crippen LogP contribution in [0, 0.1) is 5.41 Å². The van der Waals surface area contributed by atoms with Gasteiger partial charge in [0.25, 0.3) is 0 Å². The number of rotatable bonds is 5. The number of nitrogens with two attached hydrogens (primary N) is 1. The van der Waals surface area contributed by atoms with Crippen LogP contribution in [0.1, 0.15) is 37.6 Å². The summed E-state index contributed by atoms with van der Waals surface area (Å²) in [4.78, 5) is 11.3. The molecule has 0 aromatic heterocycles. The van der Waals surface area contributed by atoms with Gasteiger partial charge in [0.1, 0.15) is 4.90 Å². The van der Waals surface area contributed by atoms with Gasteiger partial charge in [0, 0.05) is 6.54 Å². The van der Waals surface area contributed by atoms with Gasteiger partial charge in [0.2, 0.25) is 10.0 Å². The van der Waals surface area contributed by atoms with Gasteiger partial charge in [-0.3, -0.25) is 0 Å². The van der Waals surface area contributed by atoms with Crippen molar-refractivity contribution >= 4 is 21.7 Å². The number of methoxy groups -OCH3 is 1. The lowest BCUT2D eigenvalue weighted by molar-refractivity contribution is 0.0600. The molecule has 3 N–H and O–H groups in total. The molecule has 0 spiro atoms. The number of ether oxygens (including phenoxy) is 1. The van der Waals surface area contributed by atoms with Gasteiger partial charge in [0.05, 0.1) is 18.4 Å². The van der Waals surface area contributed by atoms with Gasteiger partial charge in [-0.05, 0) is 30.0 Å². The highest BCUT2D eigenvalue weighted by Crippen LogP contribution is 2.21. The number of carbonyl (C=O) groups excluding carboxylic acids is 1. The normalized spacial score (nSPS) is 12.2. The third kappa shape index (κ3) is 5.02. The van der Waals surface area contributed by atoms with E-state index in [-0.39, 0.29) is 21.6 Å². The molecule has 1 rings (SSSR count). The Morgan fingerprint density at radius 2 is 1.95 bits per heavy atom. The van der Waals surface area contributed by atoms with Crippen LogP contribution in [0.5, 0.6) is 0 Å². The molecule has 21 heavy (non-hydrogen) atoms. The van der Waals surface area contributed by atoms with Gasteiger partial charge in [0.15, 0.2) is 0 Å². The van der Waals surface area contributed by atoms with E-state index in [0.717, 1.165) is 0 Å². The Bertz CT molecular complexity index is 618. The van der Waals surface area contributed by atoms with E-state index in [1.807, 2.05) is 20.8 Å². The van der Waals surface area contributed by atoms with Crippen molar-refractivity contribution in [1.82, 2.24) is 4.72 Å². The average Bonchev–Trinajstić information content (AvgIpc) is 2.35. The molecule has 7 heteroatoms. The van der Waals surface area contributed by atoms with E-state index in [1.165, 1.54) is 25.3 Å². The van der Waals surface area contributed by atoms with Crippen LogP contribution in [0.15, 0.2) is 23.1 Å². The number of nitrogens with one attached hydrogen (secondary N) is 1. The zero-order valence-corrected chi connectivity index (χ0v) is 13.6. The van der Waals surface area contributed by atoms with E-state index in [1.54, 1.807) is 0 Å². The summed E-state index contributed by atoms with van der Waals surface area (Å²) in [5.74, 6) is -0.564. The fourth-order valence-electron chi connectivity index (χ4n) is 1.68. The first kappa shape index (κ1) is 17.5. The van der Waals surface area contributed by atoms with Crippen molar-refractivity contribution in [3.05, 3.63) is 23.8 Å². The number of anilines is 1. The van der Waals surface area contributed by atoms with Gasteiger partial charge in [-0.15, -0.1) is 0 Å². The van der Waals surface area contributed by atoms with Crippen LogP contribution in [0.3, 0.4) is 0 Å². The van der Waals surface area contributed by atoms with E-state index in [0.29, 0.717) is 13.0 Å². The van der Waals surface area contributed by atoms with Crippen LogP contribution in [0.25, 0.3) is 0 Å². The maximum atomic E-state index is 12.2. The highest BCUT2D eigenvalue weighted by atomic mass is 32.2. The molecule has 1 aromatic rings. The Labute approximate surface area is 125 Å². The van der Waals surface area contributed by atoms with Gasteiger partial charge in [-0.2, -0.15) is 0 Å². The first-order valence-electron chi connectivity index (χ1n) is 6.54. The summed E-state index contributed by atoms with van der Waals surface area (Å²) in [6.45, 7) is 6.41. The second kappa shape index (κ2) is 6.44. The maximum absolute atomic E-state index is 12.2. The molecule has 0 aliphatic carbocycles. The predicted molar refractivity (Wildman–Crippen MR) is 81.5 cm³/mol. The molecule has 0 aliphatic rings. The summed E-state index contributed by atoms with van der Waals surface area (Å²) in [5.41, 5.74) is 5.99. The van der Waals surface area contributed by atoms with E-state index >= 15 is 0 Å². The first-order chi connectivity index (χ1) is 9.57. The Kier molecular flexibility index (Phi) is 5.36. The van der Waals surface area contributed by atoms with Gasteiger partial charge < -0.3 is 10.5 Å². The van der Waals surface area contributed by atoms with E-state index in [2.05, 4.69) is 9.46 Å². The number of esters is 1. The molecular formula is C14H22N2O4S. The minimum atomic E-state index is -3.69. The number of hydrogen-bond donors (Lipinski definition) is 2. The fraction of sp³-hybridized carbons (Fsp3) is 0.500. The van der Waals surface area contributed by atoms with Crippen LogP contribution in [-0.4, -0.2) is 28.0 Å². The molecule has 0 fully saturated rings. The summed E-state index contributed by atoms with van der Waals surface area (Å²) in [6, 6.07) is 3.98. The molecule has 1 aromatic carbocycles. The predicted octanol–water partition coefficient (Wildman–Crippen LogP) is 1.77. The lowest BCUT2D eigenvalue weighted by atomic mass is 9.93. The monoisotopic (exact) mass is 314 g/mol. The lowest BCUT2D eigenvalue weighted by Crippen LogP contribution is -2.28. The van der Waals surface area contributed by atoms with Crippen LogP contribution < -0.4 is 10.5 Å². The molecule has 0 saturated heterocycles. The fourth-order valence-corrected chi connectivity index (χ4v) is 2.82. The molecule has 118 valence electrons. The van der Waals surface area contributed by atoms with Gasteiger partial charge in [-0.25, -0.2) is 17.9 Å². The summed E-state index contributed by atoms with van der Waals surface area (Å²) >= 11 is 0. The molecule has 0 unspecified atom stereocenters. The lowest BCUT2D eigenvalue weighted by Gasteiger charge is -2.18. The first-order valence-corrected chi connectivity index (χ1v) is 8.03. The second-order valence-corrected chi connectivity index (χ2v) is 7.69. The van der Waals surface area contributed by atoms with Crippen LogP contribution in [-0.2, 0) is 14.8 Å². The van der Waals surface area contributed by atoms with Crippen molar-refractivity contribution in [2.45, 2.75) is 32.1 Å². The molecule has 0 saturated carbocycles. The summed E-state index contributed by atoms with van der Waals surface area (Å²) < 4.78 is 31.4. The van der Waals surface area contributed by atoms with Crippen molar-refractivity contribution in [2.24, 2.45) is 5.41 Å². The Morgan fingerprint density at radius 1 is 1.33 bits per heavy atom. The number of hydrogen-bond acceptors (Lipinski definition) is 5. The Morgan fingerprint density at radius 3 is 2.43 bits per heavy atom. The van der Waals surface area contributed by atoms with Gasteiger partial charge >= 0.3 is 5.97 Å². The molecule has 0 amide bonds. The summed E-state index contributed by atoms with van der Waals surface area (Å²) in [5, 5.41) is 0. The maximum Gasteiger partial charge on any atom is 0.337 e. The molecule has 0 atom stereocenters. The molecule has 0 aliphatic heterocycles. The average molecular weight is 314 g/mol. The molecule has 0 radical (unpaired) electrons. The zero-order chi connectivity index (χ0) is 16.3. The second-order valence-electron chi connectivity index (χ2n) is 5.95. The van der Waals surface area contributed by atoms with E-state index in [9.17, 15) is 13.2 Å². The van der Waals surface area contributed by atoms with E-state index in [4.69, 9.17) is 5.73 Å². The van der Waals surface area contributed by atoms with Crippen LogP contribution >= 0.6 is 0 Å². The van der Waals surface area contributed by atoms with Crippen LogP contribution in [0.4, 0.5) is 5.69 Å². The highest BCUT2D eigenvalue weighted by molar-refractivity contribution is 7.89. The topological polar surface area (TPSA) is 98.5 Å². The Balaban J connectivity index is 2.91. The molecule has 6 nitrogen and oxygen atoms in total. The SMILES string of the molecule is COC(=O)c1ccc(S(=O)(=O)NCCC(C)(C)C)c(N)c1.